The largest absolute Gasteiger partial charge is 0.389 e. The number of likely N-dealkylation sites (tertiary alicyclic amines) is 1. The molecular weight excluding hydrogens is 221 g/mol. The van der Waals surface area contributed by atoms with Crippen molar-refractivity contribution in [2.24, 2.45) is 0 Å². The Morgan fingerprint density at radius 2 is 2.00 bits per heavy atom. The lowest BCUT2D eigenvalue weighted by Crippen LogP contribution is -2.58. The molecule has 17 heavy (non-hydrogen) atoms. The Morgan fingerprint density at radius 1 is 1.41 bits per heavy atom. The van der Waals surface area contributed by atoms with Gasteiger partial charge < -0.3 is 10.0 Å². The van der Waals surface area contributed by atoms with Gasteiger partial charge in [-0.25, -0.2) is 4.39 Å². The summed E-state index contributed by atoms with van der Waals surface area (Å²) in [7, 11) is 0. The minimum atomic E-state index is -0.897. The lowest BCUT2D eigenvalue weighted by atomic mass is 9.82. The molecule has 1 heterocycles. The molecular formula is C13H16FNO2. The van der Waals surface area contributed by atoms with Crippen LogP contribution in [0.2, 0.25) is 0 Å². The number of halogens is 1. The Hall–Kier alpha value is -1.42. The number of nitrogens with zero attached hydrogens (tertiary/aromatic N) is 1. The molecule has 92 valence electrons. The average molecular weight is 237 g/mol. The minimum absolute atomic E-state index is 0.145. The van der Waals surface area contributed by atoms with E-state index in [9.17, 15) is 14.3 Å². The van der Waals surface area contributed by atoms with Crippen molar-refractivity contribution in [2.75, 3.05) is 13.1 Å². The predicted octanol–water partition coefficient (Wildman–Crippen LogP) is 1.31. The fourth-order valence-electron chi connectivity index (χ4n) is 2.10. The predicted molar refractivity (Wildman–Crippen MR) is 62.0 cm³/mol. The van der Waals surface area contributed by atoms with E-state index in [1.54, 1.807) is 36.9 Å². The molecule has 0 bridgehead atoms. The van der Waals surface area contributed by atoms with Crippen molar-refractivity contribution in [2.45, 2.75) is 25.4 Å². The zero-order valence-corrected chi connectivity index (χ0v) is 9.98. The van der Waals surface area contributed by atoms with Gasteiger partial charge in [-0.2, -0.15) is 0 Å². The monoisotopic (exact) mass is 237 g/mol. The van der Waals surface area contributed by atoms with E-state index in [1.165, 1.54) is 6.07 Å². The van der Waals surface area contributed by atoms with E-state index in [4.69, 9.17) is 0 Å². The minimum Gasteiger partial charge on any atom is -0.389 e. The maximum Gasteiger partial charge on any atom is 0.232 e. The molecule has 1 aromatic carbocycles. The summed E-state index contributed by atoms with van der Waals surface area (Å²) < 4.78 is 13.7. The average Bonchev–Trinajstić information content (AvgIpc) is 2.24. The first-order valence-corrected chi connectivity index (χ1v) is 5.65. The SMILES string of the molecule is CC(C)(C(=O)N1CC(O)C1)c1ccccc1F. The number of hydrogen-bond acceptors (Lipinski definition) is 2. The molecule has 0 atom stereocenters. The van der Waals surface area contributed by atoms with Crippen LogP contribution in [-0.2, 0) is 10.2 Å². The number of rotatable bonds is 2. The van der Waals surface area contributed by atoms with Gasteiger partial charge in [0.15, 0.2) is 0 Å². The van der Waals surface area contributed by atoms with Crippen molar-refractivity contribution in [1.29, 1.82) is 0 Å². The molecule has 1 aliphatic heterocycles. The van der Waals surface area contributed by atoms with Crippen LogP contribution in [0.1, 0.15) is 19.4 Å². The molecule has 4 heteroatoms. The van der Waals surface area contributed by atoms with Gasteiger partial charge in [0.1, 0.15) is 5.82 Å². The normalized spacial score (nSPS) is 16.8. The highest BCUT2D eigenvalue weighted by Crippen LogP contribution is 2.29. The van der Waals surface area contributed by atoms with Crippen LogP contribution in [0.5, 0.6) is 0 Å². The van der Waals surface area contributed by atoms with E-state index < -0.39 is 11.5 Å². The van der Waals surface area contributed by atoms with E-state index in [1.807, 2.05) is 0 Å². The molecule has 1 aromatic rings. The Bertz CT molecular complexity index is 439. The van der Waals surface area contributed by atoms with Gasteiger partial charge >= 0.3 is 0 Å². The Morgan fingerprint density at radius 3 is 2.53 bits per heavy atom. The zero-order valence-electron chi connectivity index (χ0n) is 9.98. The van der Waals surface area contributed by atoms with Crippen molar-refractivity contribution in [1.82, 2.24) is 4.90 Å². The number of aliphatic hydroxyl groups excluding tert-OH is 1. The summed E-state index contributed by atoms with van der Waals surface area (Å²) in [6, 6.07) is 6.31. The summed E-state index contributed by atoms with van der Waals surface area (Å²) in [5.74, 6) is -0.514. The molecule has 0 unspecified atom stereocenters. The second-order valence-electron chi connectivity index (χ2n) is 4.97. The summed E-state index contributed by atoms with van der Waals surface area (Å²) in [6.45, 7) is 4.10. The molecule has 1 amide bonds. The van der Waals surface area contributed by atoms with Gasteiger partial charge in [0.2, 0.25) is 5.91 Å². The highest BCUT2D eigenvalue weighted by molar-refractivity contribution is 5.88. The number of aliphatic hydroxyl groups is 1. The van der Waals surface area contributed by atoms with Crippen LogP contribution < -0.4 is 0 Å². The van der Waals surface area contributed by atoms with Gasteiger partial charge in [-0.15, -0.1) is 0 Å². The highest BCUT2D eigenvalue weighted by Gasteiger charge is 2.40. The van der Waals surface area contributed by atoms with Crippen molar-refractivity contribution < 1.29 is 14.3 Å². The van der Waals surface area contributed by atoms with Gasteiger partial charge in [-0.05, 0) is 19.9 Å². The number of carbonyl (C=O) groups is 1. The van der Waals surface area contributed by atoms with Crippen LogP contribution in [0.15, 0.2) is 24.3 Å². The van der Waals surface area contributed by atoms with Crippen LogP contribution in [0.3, 0.4) is 0 Å². The first kappa shape index (κ1) is 12.0. The molecule has 1 fully saturated rings. The van der Waals surface area contributed by atoms with Gasteiger partial charge in [0, 0.05) is 18.7 Å². The van der Waals surface area contributed by atoms with E-state index in [-0.39, 0.29) is 11.7 Å². The van der Waals surface area contributed by atoms with Crippen LogP contribution in [0, 0.1) is 5.82 Å². The van der Waals surface area contributed by atoms with Crippen molar-refractivity contribution in [3.63, 3.8) is 0 Å². The summed E-state index contributed by atoms with van der Waals surface area (Å²) in [5, 5.41) is 9.19. The van der Waals surface area contributed by atoms with E-state index in [2.05, 4.69) is 0 Å². The molecule has 0 aromatic heterocycles. The molecule has 0 saturated carbocycles. The number of amides is 1. The number of hydrogen-bond donors (Lipinski definition) is 1. The summed E-state index contributed by atoms with van der Waals surface area (Å²) in [6.07, 6.45) is -0.435. The van der Waals surface area contributed by atoms with Crippen molar-refractivity contribution in [3.8, 4) is 0 Å². The molecule has 1 N–H and O–H groups in total. The zero-order chi connectivity index (χ0) is 12.6. The summed E-state index contributed by atoms with van der Waals surface area (Å²) in [4.78, 5) is 13.7. The molecule has 1 aliphatic rings. The first-order chi connectivity index (χ1) is 7.93. The summed E-state index contributed by atoms with van der Waals surface area (Å²) in [5.41, 5.74) is -0.503. The molecule has 0 radical (unpaired) electrons. The van der Waals surface area contributed by atoms with Gasteiger partial charge in [0.05, 0.1) is 11.5 Å². The third kappa shape index (κ3) is 2.05. The topological polar surface area (TPSA) is 40.5 Å². The van der Waals surface area contributed by atoms with Gasteiger partial charge in [0.25, 0.3) is 0 Å². The second kappa shape index (κ2) is 4.11. The van der Waals surface area contributed by atoms with E-state index >= 15 is 0 Å². The molecule has 0 spiro atoms. The van der Waals surface area contributed by atoms with Gasteiger partial charge in [-0.1, -0.05) is 18.2 Å². The lowest BCUT2D eigenvalue weighted by molar-refractivity contribution is -0.146. The van der Waals surface area contributed by atoms with Crippen LogP contribution in [0.4, 0.5) is 4.39 Å². The standard InChI is InChI=1S/C13H16FNO2/c1-13(2,10-5-3-4-6-11(10)14)12(17)15-7-9(16)8-15/h3-6,9,16H,7-8H2,1-2H3. The van der Waals surface area contributed by atoms with E-state index in [0.717, 1.165) is 0 Å². The molecule has 0 aliphatic carbocycles. The molecule has 2 rings (SSSR count). The summed E-state index contributed by atoms with van der Waals surface area (Å²) >= 11 is 0. The van der Waals surface area contributed by atoms with Crippen LogP contribution >= 0.6 is 0 Å². The van der Waals surface area contributed by atoms with Gasteiger partial charge in [-0.3, -0.25) is 4.79 Å². The van der Waals surface area contributed by atoms with Crippen LogP contribution in [0.25, 0.3) is 0 Å². The number of benzene rings is 1. The third-order valence-corrected chi connectivity index (χ3v) is 3.23. The maximum absolute atomic E-state index is 13.7. The molecule has 3 nitrogen and oxygen atoms in total. The quantitative estimate of drug-likeness (QED) is 0.842. The number of carbonyl (C=O) groups excluding carboxylic acids is 1. The third-order valence-electron chi connectivity index (χ3n) is 3.23. The first-order valence-electron chi connectivity index (χ1n) is 5.65. The number of β-amino-alcohol motifs (C(OH)–C–C–N with tert-alkyl or cyclic N) is 1. The fraction of sp³-hybridized carbons (Fsp3) is 0.462. The Labute approximate surface area is 99.9 Å². The van der Waals surface area contributed by atoms with E-state index in [0.29, 0.717) is 18.7 Å². The lowest BCUT2D eigenvalue weighted by Gasteiger charge is -2.40. The maximum atomic E-state index is 13.7. The Kier molecular flexibility index (Phi) is 2.91. The molecule has 1 saturated heterocycles. The fourth-order valence-corrected chi connectivity index (χ4v) is 2.10. The Balaban J connectivity index is 2.24. The smallest absolute Gasteiger partial charge is 0.232 e. The van der Waals surface area contributed by atoms with Crippen LogP contribution in [-0.4, -0.2) is 35.1 Å². The van der Waals surface area contributed by atoms with Crippen molar-refractivity contribution in [3.05, 3.63) is 35.6 Å². The second-order valence-corrected chi connectivity index (χ2v) is 4.97. The highest BCUT2D eigenvalue weighted by atomic mass is 19.1. The van der Waals surface area contributed by atoms with Crippen molar-refractivity contribution >= 4 is 5.91 Å².